The highest BCUT2D eigenvalue weighted by Gasteiger charge is 2.25. The number of fused-ring (bicyclic) bond motifs is 1. The molecular weight excluding hydrogens is 420 g/mol. The highest BCUT2D eigenvalue weighted by molar-refractivity contribution is 5.69. The summed E-state index contributed by atoms with van der Waals surface area (Å²) in [6, 6.07) is 11.1. The molecule has 1 aliphatic heterocycles. The number of benzene rings is 1. The Morgan fingerprint density at radius 1 is 1.30 bits per heavy atom. The molecule has 9 heteroatoms. The highest BCUT2D eigenvalue weighted by Crippen LogP contribution is 2.32. The molecule has 168 valence electrons. The lowest BCUT2D eigenvalue weighted by Crippen LogP contribution is -2.33. The zero-order valence-electron chi connectivity index (χ0n) is 18.4. The van der Waals surface area contributed by atoms with Crippen molar-refractivity contribution in [2.45, 2.75) is 32.4 Å². The van der Waals surface area contributed by atoms with Crippen molar-refractivity contribution in [1.29, 1.82) is 5.26 Å². The quantitative estimate of drug-likeness (QED) is 0.565. The molecule has 0 saturated carbocycles. The first-order valence-corrected chi connectivity index (χ1v) is 10.5. The second-order valence-corrected chi connectivity index (χ2v) is 7.88. The first kappa shape index (κ1) is 22.0. The smallest absolute Gasteiger partial charge is 0.305 e. The van der Waals surface area contributed by atoms with Crippen LogP contribution >= 0.6 is 0 Å². The number of hydrogen-bond donors (Lipinski definition) is 2. The molecule has 2 N–H and O–H groups in total. The molecule has 1 unspecified atom stereocenters. The van der Waals surface area contributed by atoms with Gasteiger partial charge in [-0.05, 0) is 30.2 Å². The van der Waals surface area contributed by atoms with Crippen molar-refractivity contribution in [2.24, 2.45) is 0 Å². The number of ether oxygens (including phenoxy) is 1. The number of nitriles is 1. The molecule has 1 aromatic carbocycles. The number of aromatic nitrogens is 3. The minimum atomic E-state index is -0.939. The fourth-order valence-electron chi connectivity index (χ4n) is 4.00. The Balaban J connectivity index is 1.65. The SMILES string of the molecule is COc1ccc(C(CC(=O)O)Nc2ncnc3c2CN(c2ccc(C)cc2C#N)CC3)cn1. The molecule has 0 saturated heterocycles. The normalized spacial score (nSPS) is 13.5. The fraction of sp³-hybridized carbons (Fsp3) is 0.292. The molecule has 2 aromatic heterocycles. The van der Waals surface area contributed by atoms with Crippen LogP contribution in [0, 0.1) is 18.3 Å². The van der Waals surface area contributed by atoms with E-state index in [1.165, 1.54) is 13.4 Å². The first-order chi connectivity index (χ1) is 16.0. The number of carboxylic acid groups (broad SMARTS) is 1. The molecular formula is C24H24N6O3. The standard InChI is InChI=1S/C24H24N6O3/c1-15-3-5-21(17(9-15)11-25)30-8-7-19-18(13-30)24(28-14-27-19)29-20(10-23(31)32)16-4-6-22(33-2)26-12-16/h3-6,9,12,14,20H,7-8,10,13H2,1-2H3,(H,31,32)(H,27,28,29). The van der Waals surface area contributed by atoms with Gasteiger partial charge in [0.25, 0.3) is 0 Å². The molecule has 1 atom stereocenters. The van der Waals surface area contributed by atoms with Crippen molar-refractivity contribution in [3.63, 3.8) is 0 Å². The lowest BCUT2D eigenvalue weighted by molar-refractivity contribution is -0.137. The predicted octanol–water partition coefficient (Wildman–Crippen LogP) is 3.25. The van der Waals surface area contributed by atoms with Crippen molar-refractivity contribution < 1.29 is 14.6 Å². The Kier molecular flexibility index (Phi) is 6.36. The number of anilines is 2. The van der Waals surface area contributed by atoms with Crippen molar-refractivity contribution >= 4 is 17.5 Å². The van der Waals surface area contributed by atoms with E-state index in [1.54, 1.807) is 18.3 Å². The van der Waals surface area contributed by atoms with Gasteiger partial charge in [0.15, 0.2) is 0 Å². The third-order valence-electron chi connectivity index (χ3n) is 5.68. The van der Waals surface area contributed by atoms with Crippen molar-refractivity contribution in [3.05, 3.63) is 70.8 Å². The summed E-state index contributed by atoms with van der Waals surface area (Å²) in [5, 5.41) is 22.4. The van der Waals surface area contributed by atoms with Crippen LogP contribution in [0.3, 0.4) is 0 Å². The van der Waals surface area contributed by atoms with Crippen LogP contribution in [0.5, 0.6) is 5.88 Å². The molecule has 3 heterocycles. The number of aliphatic carboxylic acids is 1. The predicted molar refractivity (Wildman–Crippen MR) is 122 cm³/mol. The van der Waals surface area contributed by atoms with Gasteiger partial charge in [-0.3, -0.25) is 4.79 Å². The van der Waals surface area contributed by atoms with Gasteiger partial charge < -0.3 is 20.1 Å². The number of aryl methyl sites for hydroxylation is 1. The zero-order chi connectivity index (χ0) is 23.4. The van der Waals surface area contributed by atoms with Crippen LogP contribution in [-0.2, 0) is 17.8 Å². The Bertz CT molecular complexity index is 1210. The molecule has 0 amide bonds. The fourth-order valence-corrected chi connectivity index (χ4v) is 4.00. The van der Waals surface area contributed by atoms with E-state index >= 15 is 0 Å². The van der Waals surface area contributed by atoms with E-state index in [0.717, 1.165) is 29.1 Å². The van der Waals surface area contributed by atoms with Crippen LogP contribution in [0.1, 0.15) is 40.4 Å². The Hall–Kier alpha value is -4.19. The van der Waals surface area contributed by atoms with Crippen molar-refractivity contribution in [2.75, 3.05) is 23.9 Å². The van der Waals surface area contributed by atoms with E-state index in [-0.39, 0.29) is 6.42 Å². The van der Waals surface area contributed by atoms with E-state index in [0.29, 0.717) is 35.8 Å². The molecule has 33 heavy (non-hydrogen) atoms. The average molecular weight is 444 g/mol. The number of methoxy groups -OCH3 is 1. The number of hydrogen-bond acceptors (Lipinski definition) is 8. The van der Waals surface area contributed by atoms with Crippen LogP contribution < -0.4 is 15.0 Å². The summed E-state index contributed by atoms with van der Waals surface area (Å²) >= 11 is 0. The maximum absolute atomic E-state index is 11.6. The first-order valence-electron chi connectivity index (χ1n) is 10.5. The van der Waals surface area contributed by atoms with Gasteiger partial charge >= 0.3 is 5.97 Å². The molecule has 4 rings (SSSR count). The molecule has 0 radical (unpaired) electrons. The summed E-state index contributed by atoms with van der Waals surface area (Å²) < 4.78 is 5.11. The Labute approximate surface area is 191 Å². The van der Waals surface area contributed by atoms with Gasteiger partial charge in [0, 0.05) is 37.3 Å². The largest absolute Gasteiger partial charge is 0.481 e. The monoisotopic (exact) mass is 444 g/mol. The van der Waals surface area contributed by atoms with E-state index < -0.39 is 12.0 Å². The second kappa shape index (κ2) is 9.53. The maximum Gasteiger partial charge on any atom is 0.305 e. The van der Waals surface area contributed by atoms with E-state index in [2.05, 4.69) is 31.2 Å². The maximum atomic E-state index is 11.6. The van der Waals surface area contributed by atoms with Crippen LogP contribution in [-0.4, -0.2) is 39.7 Å². The van der Waals surface area contributed by atoms with Crippen LogP contribution in [0.25, 0.3) is 0 Å². The van der Waals surface area contributed by atoms with Crippen LogP contribution in [0.15, 0.2) is 42.9 Å². The Morgan fingerprint density at radius 3 is 2.85 bits per heavy atom. The number of nitrogens with one attached hydrogen (secondary N) is 1. The number of carbonyl (C=O) groups is 1. The van der Waals surface area contributed by atoms with Crippen LogP contribution in [0.4, 0.5) is 11.5 Å². The van der Waals surface area contributed by atoms with Gasteiger partial charge in [-0.15, -0.1) is 0 Å². The third kappa shape index (κ3) is 4.85. The average Bonchev–Trinajstić information content (AvgIpc) is 2.83. The summed E-state index contributed by atoms with van der Waals surface area (Å²) in [6.45, 7) is 3.20. The van der Waals surface area contributed by atoms with Gasteiger partial charge in [0.05, 0.1) is 36.5 Å². The van der Waals surface area contributed by atoms with E-state index in [4.69, 9.17) is 4.74 Å². The van der Waals surface area contributed by atoms with Gasteiger partial charge in [0.2, 0.25) is 5.88 Å². The molecule has 1 aliphatic rings. The van der Waals surface area contributed by atoms with Gasteiger partial charge in [-0.2, -0.15) is 5.26 Å². The van der Waals surface area contributed by atoms with Gasteiger partial charge in [-0.1, -0.05) is 12.1 Å². The van der Waals surface area contributed by atoms with E-state index in [9.17, 15) is 15.2 Å². The molecule has 9 nitrogen and oxygen atoms in total. The summed E-state index contributed by atoms with van der Waals surface area (Å²) in [5.74, 6) is 0.0952. The number of rotatable bonds is 7. The summed E-state index contributed by atoms with van der Waals surface area (Å²) in [6.07, 6.45) is 3.64. The number of carboxylic acids is 1. The molecule has 0 spiro atoms. The molecule has 3 aromatic rings. The zero-order valence-corrected chi connectivity index (χ0v) is 18.4. The Morgan fingerprint density at radius 2 is 2.15 bits per heavy atom. The molecule has 0 bridgehead atoms. The van der Waals surface area contributed by atoms with Crippen molar-refractivity contribution in [1.82, 2.24) is 15.0 Å². The molecule has 0 fully saturated rings. The van der Waals surface area contributed by atoms with Crippen molar-refractivity contribution in [3.8, 4) is 11.9 Å². The highest BCUT2D eigenvalue weighted by atomic mass is 16.5. The topological polar surface area (TPSA) is 124 Å². The lowest BCUT2D eigenvalue weighted by atomic mass is 10.0. The summed E-state index contributed by atoms with van der Waals surface area (Å²) in [5.41, 5.74) is 5.04. The van der Waals surface area contributed by atoms with Crippen LogP contribution in [0.2, 0.25) is 0 Å². The van der Waals surface area contributed by atoms with Gasteiger partial charge in [0.1, 0.15) is 18.2 Å². The summed E-state index contributed by atoms with van der Waals surface area (Å²) in [4.78, 5) is 26.8. The third-order valence-corrected chi connectivity index (χ3v) is 5.68. The summed E-state index contributed by atoms with van der Waals surface area (Å²) in [7, 11) is 1.53. The van der Waals surface area contributed by atoms with Gasteiger partial charge in [-0.25, -0.2) is 15.0 Å². The van der Waals surface area contributed by atoms with E-state index in [1.807, 2.05) is 25.1 Å². The second-order valence-electron chi connectivity index (χ2n) is 7.88. The number of nitrogens with zero attached hydrogens (tertiary/aromatic N) is 5. The minimum absolute atomic E-state index is 0.146. The molecule has 0 aliphatic carbocycles. The lowest BCUT2D eigenvalue weighted by Gasteiger charge is -2.32. The number of pyridine rings is 1. The minimum Gasteiger partial charge on any atom is -0.481 e.